The third kappa shape index (κ3) is 67.3. The van der Waals surface area contributed by atoms with Crippen LogP contribution in [0.3, 0.4) is 0 Å². The van der Waals surface area contributed by atoms with E-state index in [9.17, 15) is 14.4 Å². The van der Waals surface area contributed by atoms with Crippen molar-refractivity contribution in [3.8, 4) is 0 Å². The van der Waals surface area contributed by atoms with Gasteiger partial charge < -0.3 is 14.2 Å². The molecule has 1 atom stereocenters. The first-order chi connectivity index (χ1) is 40.0. The normalized spacial score (nSPS) is 12.6. The van der Waals surface area contributed by atoms with Crippen molar-refractivity contribution in [2.45, 2.75) is 361 Å². The maximum atomic E-state index is 12.9. The van der Waals surface area contributed by atoms with Crippen LogP contribution in [0.1, 0.15) is 355 Å². The summed E-state index contributed by atoms with van der Waals surface area (Å²) in [5.74, 6) is -0.862. The maximum absolute atomic E-state index is 12.9. The van der Waals surface area contributed by atoms with Gasteiger partial charge in [-0.15, -0.1) is 0 Å². The molecule has 0 aromatic heterocycles. The lowest BCUT2D eigenvalue weighted by molar-refractivity contribution is -0.167. The number of carbonyl (C=O) groups excluding carboxylic acids is 3. The average Bonchev–Trinajstić information content (AvgIpc) is 3.47. The second-order valence-electron chi connectivity index (χ2n) is 23.4. The first-order valence-electron chi connectivity index (χ1n) is 35.1. The predicted octanol–water partition coefficient (Wildman–Crippen LogP) is 24.2. The number of hydrogen-bond donors (Lipinski definition) is 0. The first kappa shape index (κ1) is 77.6. The van der Waals surface area contributed by atoms with E-state index < -0.39 is 6.10 Å². The molecule has 0 saturated carbocycles. The summed E-state index contributed by atoms with van der Waals surface area (Å²) >= 11 is 0. The molecule has 0 amide bonds. The highest BCUT2D eigenvalue weighted by Gasteiger charge is 2.19. The number of unbranched alkanes of at least 4 members (excludes halogenated alkanes) is 39. The first-order valence-corrected chi connectivity index (χ1v) is 35.1. The van der Waals surface area contributed by atoms with E-state index in [2.05, 4.69) is 106 Å². The van der Waals surface area contributed by atoms with E-state index in [1.165, 1.54) is 218 Å². The van der Waals surface area contributed by atoms with Crippen molar-refractivity contribution in [2.24, 2.45) is 0 Å². The van der Waals surface area contributed by atoms with Crippen LogP contribution in [-0.4, -0.2) is 37.2 Å². The number of hydrogen-bond acceptors (Lipinski definition) is 6. The molecule has 6 nitrogen and oxygen atoms in total. The third-order valence-corrected chi connectivity index (χ3v) is 15.4. The Morgan fingerprint density at radius 3 is 0.765 bits per heavy atom. The van der Waals surface area contributed by atoms with Gasteiger partial charge in [0.2, 0.25) is 0 Å². The molecule has 0 aromatic carbocycles. The summed E-state index contributed by atoms with van der Waals surface area (Å²) in [7, 11) is 0. The monoisotopic (exact) mass is 1130 g/mol. The van der Waals surface area contributed by atoms with E-state index in [1.54, 1.807) is 0 Å². The molecule has 0 aromatic rings. The Morgan fingerprint density at radius 2 is 0.481 bits per heavy atom. The van der Waals surface area contributed by atoms with Gasteiger partial charge in [-0.3, -0.25) is 14.4 Å². The Labute approximate surface area is 503 Å². The minimum atomic E-state index is -0.777. The van der Waals surface area contributed by atoms with Gasteiger partial charge in [-0.25, -0.2) is 0 Å². The molecular formula is C75H132O6. The van der Waals surface area contributed by atoms with Crippen molar-refractivity contribution in [3.05, 3.63) is 85.1 Å². The van der Waals surface area contributed by atoms with E-state index >= 15 is 0 Å². The van der Waals surface area contributed by atoms with Crippen molar-refractivity contribution < 1.29 is 28.6 Å². The molecule has 0 aliphatic heterocycles. The molecule has 0 spiro atoms. The van der Waals surface area contributed by atoms with Crippen molar-refractivity contribution in [1.82, 2.24) is 0 Å². The van der Waals surface area contributed by atoms with Crippen LogP contribution in [0.2, 0.25) is 0 Å². The van der Waals surface area contributed by atoms with Crippen molar-refractivity contribution in [3.63, 3.8) is 0 Å². The van der Waals surface area contributed by atoms with E-state index in [0.717, 1.165) is 96.3 Å². The summed E-state index contributed by atoms with van der Waals surface area (Å²) in [4.78, 5) is 38.4. The Hall–Kier alpha value is -3.41. The van der Waals surface area contributed by atoms with Crippen LogP contribution in [-0.2, 0) is 28.6 Å². The molecule has 0 heterocycles. The standard InChI is InChI=1S/C75H132O6/c1-4-7-10-13-16-19-22-24-26-28-30-32-34-35-36-37-38-39-41-42-44-46-48-50-53-56-59-62-65-68-74(77)80-71-72(70-79-73(76)67-64-61-58-55-52-21-18-15-12-9-6-3)81-75(78)69-66-63-60-57-54-51-49-47-45-43-40-33-31-29-27-25-23-20-17-14-11-8-5-2/h7,10,16,19,24,26,29-32,35-36,38-39,72H,4-6,8-9,11-15,17-18,20-23,25,27-28,33-34,37,40-71H2,1-3H3/b10-7-,19-16-,26-24-,31-29-,32-30-,36-35-,39-38-. The van der Waals surface area contributed by atoms with E-state index in [4.69, 9.17) is 14.2 Å². The molecule has 468 valence electrons. The van der Waals surface area contributed by atoms with Crippen molar-refractivity contribution >= 4 is 17.9 Å². The van der Waals surface area contributed by atoms with Crippen LogP contribution >= 0.6 is 0 Å². The minimum absolute atomic E-state index is 0.0736. The largest absolute Gasteiger partial charge is 0.462 e. The fraction of sp³-hybridized carbons (Fsp3) is 0.773. The number of rotatable bonds is 64. The molecule has 0 aliphatic rings. The molecular weight excluding hydrogens is 997 g/mol. The Kier molecular flexibility index (Phi) is 66.2. The average molecular weight is 1130 g/mol. The van der Waals surface area contributed by atoms with Crippen molar-refractivity contribution in [2.75, 3.05) is 13.2 Å². The second-order valence-corrected chi connectivity index (χ2v) is 23.4. The summed E-state index contributed by atoms with van der Waals surface area (Å²) in [6.45, 7) is 6.56. The topological polar surface area (TPSA) is 78.9 Å². The van der Waals surface area contributed by atoms with Gasteiger partial charge in [0.1, 0.15) is 13.2 Å². The van der Waals surface area contributed by atoms with Crippen molar-refractivity contribution in [1.29, 1.82) is 0 Å². The fourth-order valence-electron chi connectivity index (χ4n) is 10.2. The van der Waals surface area contributed by atoms with Gasteiger partial charge in [0.05, 0.1) is 0 Å². The molecule has 0 saturated heterocycles. The highest BCUT2D eigenvalue weighted by atomic mass is 16.6. The lowest BCUT2D eigenvalue weighted by Crippen LogP contribution is -2.30. The number of carbonyl (C=O) groups is 3. The second kappa shape index (κ2) is 69.1. The van der Waals surface area contributed by atoms with Crippen LogP contribution in [0, 0.1) is 0 Å². The quantitative estimate of drug-likeness (QED) is 0.0261. The van der Waals surface area contributed by atoms with E-state index in [1.807, 2.05) is 0 Å². The third-order valence-electron chi connectivity index (χ3n) is 15.4. The number of ether oxygens (including phenoxy) is 3. The van der Waals surface area contributed by atoms with Gasteiger partial charge in [-0.2, -0.15) is 0 Å². The van der Waals surface area contributed by atoms with E-state index in [0.29, 0.717) is 19.3 Å². The highest BCUT2D eigenvalue weighted by Crippen LogP contribution is 2.17. The summed E-state index contributed by atoms with van der Waals surface area (Å²) in [6, 6.07) is 0. The highest BCUT2D eigenvalue weighted by molar-refractivity contribution is 5.71. The summed E-state index contributed by atoms with van der Waals surface area (Å²) in [5.41, 5.74) is 0. The fourth-order valence-corrected chi connectivity index (χ4v) is 10.2. The van der Waals surface area contributed by atoms with Gasteiger partial charge in [0.15, 0.2) is 6.10 Å². The van der Waals surface area contributed by atoms with Crippen LogP contribution in [0.4, 0.5) is 0 Å². The Morgan fingerprint density at radius 1 is 0.259 bits per heavy atom. The van der Waals surface area contributed by atoms with E-state index in [-0.39, 0.29) is 31.1 Å². The molecule has 0 aliphatic carbocycles. The summed E-state index contributed by atoms with van der Waals surface area (Å²) in [5, 5.41) is 0. The molecule has 0 radical (unpaired) electrons. The minimum Gasteiger partial charge on any atom is -0.462 e. The Bertz CT molecular complexity index is 1530. The molecule has 0 rings (SSSR count). The van der Waals surface area contributed by atoms with Crippen LogP contribution in [0.25, 0.3) is 0 Å². The Balaban J connectivity index is 4.23. The van der Waals surface area contributed by atoms with Gasteiger partial charge in [-0.05, 0) is 96.3 Å². The zero-order chi connectivity index (χ0) is 58.5. The maximum Gasteiger partial charge on any atom is 0.306 e. The molecule has 0 fully saturated rings. The molecule has 6 heteroatoms. The molecule has 0 bridgehead atoms. The van der Waals surface area contributed by atoms with Gasteiger partial charge in [-0.1, -0.05) is 324 Å². The zero-order valence-corrected chi connectivity index (χ0v) is 53.8. The molecule has 81 heavy (non-hydrogen) atoms. The van der Waals surface area contributed by atoms with Gasteiger partial charge in [0, 0.05) is 19.3 Å². The molecule has 0 N–H and O–H groups in total. The predicted molar refractivity (Wildman–Crippen MR) is 353 cm³/mol. The number of allylic oxidation sites excluding steroid dienone is 14. The lowest BCUT2D eigenvalue weighted by Gasteiger charge is -2.18. The SMILES string of the molecule is CC/C=C\C/C=C\C/C=C\C/C=C\C/C=C\C/C=C\CCCCCCCCCCCCC(=O)OCC(COC(=O)CCCCCCCCCCCCC)OC(=O)CCCCCCCCCCCCC/C=C\CCCCCCCCCC. The van der Waals surface area contributed by atoms with Crippen LogP contribution in [0.5, 0.6) is 0 Å². The van der Waals surface area contributed by atoms with Gasteiger partial charge in [0.25, 0.3) is 0 Å². The van der Waals surface area contributed by atoms with Crippen LogP contribution in [0.15, 0.2) is 85.1 Å². The summed E-state index contributed by atoms with van der Waals surface area (Å²) in [6.07, 6.45) is 91.8. The number of esters is 3. The molecule has 1 unspecified atom stereocenters. The van der Waals surface area contributed by atoms with Crippen LogP contribution < -0.4 is 0 Å². The lowest BCUT2D eigenvalue weighted by atomic mass is 10.0. The smallest absolute Gasteiger partial charge is 0.306 e. The zero-order valence-electron chi connectivity index (χ0n) is 53.8. The van der Waals surface area contributed by atoms with Gasteiger partial charge >= 0.3 is 17.9 Å². The summed E-state index contributed by atoms with van der Waals surface area (Å²) < 4.78 is 17.0.